The lowest BCUT2D eigenvalue weighted by atomic mass is 10.4. The third-order valence-corrected chi connectivity index (χ3v) is 0.680. The van der Waals surface area contributed by atoms with Crippen molar-refractivity contribution in [2.75, 3.05) is 6.61 Å². The van der Waals surface area contributed by atoms with Crippen molar-refractivity contribution >= 4 is 0 Å². The second-order valence-corrected chi connectivity index (χ2v) is 1.23. The van der Waals surface area contributed by atoms with Crippen molar-refractivity contribution in [1.29, 1.82) is 0 Å². The summed E-state index contributed by atoms with van der Waals surface area (Å²) in [6.45, 7) is 1.63. The van der Waals surface area contributed by atoms with Crippen LogP contribution >= 0.6 is 0 Å². The Labute approximate surface area is 43.1 Å². The van der Waals surface area contributed by atoms with Crippen LogP contribution in [0.3, 0.4) is 0 Å². The average molecular weight is 101 g/mol. The Bertz CT molecular complexity index is 66.5. The molecule has 0 aliphatic carbocycles. The molecule has 0 aliphatic heterocycles. The van der Waals surface area contributed by atoms with Crippen LogP contribution in [-0.2, 0) is 5.11 Å². The van der Waals surface area contributed by atoms with Crippen molar-refractivity contribution in [2.45, 2.75) is 13.3 Å². The van der Waals surface area contributed by atoms with E-state index in [4.69, 9.17) is 5.11 Å². The number of hydrogen-bond acceptors (Lipinski definition) is 1. The Morgan fingerprint density at radius 1 is 1.86 bits per heavy atom. The summed E-state index contributed by atoms with van der Waals surface area (Å²) in [5.74, 6) is 0.00231. The zero-order valence-electron chi connectivity index (χ0n) is 4.35. The van der Waals surface area contributed by atoms with E-state index in [1.165, 1.54) is 6.08 Å². The Hall–Kier alpha value is -0.500. The Balaban J connectivity index is 3.17. The van der Waals surface area contributed by atoms with Crippen LogP contribution in [0.2, 0.25) is 0 Å². The molecule has 2 heteroatoms. The molecule has 7 heavy (non-hydrogen) atoms. The summed E-state index contributed by atoms with van der Waals surface area (Å²) in [5, 5.41) is 18.3. The quantitative estimate of drug-likeness (QED) is 0.511. The number of aliphatic hydroxyl groups excluding tert-OH is 1. The lowest BCUT2D eigenvalue weighted by molar-refractivity contribution is 0.230. The summed E-state index contributed by atoms with van der Waals surface area (Å²) in [5.41, 5.74) is 0. The second-order valence-electron chi connectivity index (χ2n) is 1.23. The maximum absolute atomic E-state index is 10.2. The Kier molecular flexibility index (Phi) is 3.42. The van der Waals surface area contributed by atoms with E-state index in [-0.39, 0.29) is 18.8 Å². The molecule has 41 valence electrons. The monoisotopic (exact) mass is 101 g/mol. The highest BCUT2D eigenvalue weighted by atomic mass is 16.3. The van der Waals surface area contributed by atoms with E-state index in [0.717, 1.165) is 0 Å². The van der Waals surface area contributed by atoms with E-state index < -0.39 is 0 Å². The van der Waals surface area contributed by atoms with E-state index in [9.17, 15) is 5.11 Å². The molecule has 2 nitrogen and oxygen atoms in total. The predicted octanol–water partition coefficient (Wildman–Crippen LogP) is 0.703. The molecule has 0 fully saturated rings. The minimum absolute atomic E-state index is 0.00231. The van der Waals surface area contributed by atoms with Gasteiger partial charge in [0.1, 0.15) is 0 Å². The molecule has 1 N–H and O–H groups in total. The van der Waals surface area contributed by atoms with Crippen LogP contribution < -0.4 is 0 Å². The first kappa shape index (κ1) is 6.50. The fourth-order valence-electron chi connectivity index (χ4n) is 0.255. The number of rotatable bonds is 2. The van der Waals surface area contributed by atoms with Crippen molar-refractivity contribution in [2.24, 2.45) is 0 Å². The van der Waals surface area contributed by atoms with Gasteiger partial charge in [-0.25, -0.2) is 0 Å². The summed E-state index contributed by atoms with van der Waals surface area (Å²) >= 11 is 0. The highest BCUT2D eigenvalue weighted by molar-refractivity contribution is 4.85. The topological polar surface area (TPSA) is 40.1 Å². The summed E-state index contributed by atoms with van der Waals surface area (Å²) in [7, 11) is 0. The summed E-state index contributed by atoms with van der Waals surface area (Å²) in [6, 6.07) is 0. The van der Waals surface area contributed by atoms with Gasteiger partial charge in [-0.1, -0.05) is 0 Å². The molecular formula is C5H9O2. The van der Waals surface area contributed by atoms with Crippen LogP contribution in [0.25, 0.3) is 0 Å². The molecule has 0 saturated carbocycles. The molecule has 0 atom stereocenters. The van der Waals surface area contributed by atoms with Crippen molar-refractivity contribution in [3.63, 3.8) is 0 Å². The van der Waals surface area contributed by atoms with Gasteiger partial charge in [-0.15, -0.1) is 0 Å². The van der Waals surface area contributed by atoms with Crippen molar-refractivity contribution in [3.05, 3.63) is 11.8 Å². The van der Waals surface area contributed by atoms with E-state index >= 15 is 0 Å². The van der Waals surface area contributed by atoms with Crippen molar-refractivity contribution in [1.82, 2.24) is 0 Å². The van der Waals surface area contributed by atoms with Crippen molar-refractivity contribution in [3.8, 4) is 0 Å². The molecule has 0 amide bonds. The third kappa shape index (κ3) is 3.33. The van der Waals surface area contributed by atoms with Crippen molar-refractivity contribution < 1.29 is 10.2 Å². The number of allylic oxidation sites excluding steroid dienone is 1. The lowest BCUT2D eigenvalue weighted by Crippen LogP contribution is -1.83. The molecule has 0 bridgehead atoms. The summed E-state index contributed by atoms with van der Waals surface area (Å²) < 4.78 is 0. The molecule has 0 spiro atoms. The second kappa shape index (κ2) is 3.68. The van der Waals surface area contributed by atoms with Crippen LogP contribution in [-0.4, -0.2) is 11.7 Å². The molecular weight excluding hydrogens is 92.1 g/mol. The smallest absolute Gasteiger partial charge is 0.153 e. The largest absolute Gasteiger partial charge is 0.396 e. The Morgan fingerprint density at radius 2 is 2.43 bits per heavy atom. The molecule has 0 rings (SSSR count). The minimum atomic E-state index is -0.0385. The van der Waals surface area contributed by atoms with Crippen LogP contribution in [0.5, 0.6) is 0 Å². The molecule has 0 saturated heterocycles. The zero-order chi connectivity index (χ0) is 5.70. The standard InChI is InChI=1S/C5H9O2/c1-2-5(7)3-4-6/h2,6H,3-4H2,1H3. The predicted molar refractivity (Wildman–Crippen MR) is 26.1 cm³/mol. The van der Waals surface area contributed by atoms with Gasteiger partial charge in [0.05, 0.1) is 6.61 Å². The van der Waals surface area contributed by atoms with E-state index in [1.807, 2.05) is 0 Å². The first-order chi connectivity index (χ1) is 3.31. The van der Waals surface area contributed by atoms with Gasteiger partial charge in [0.2, 0.25) is 0 Å². The minimum Gasteiger partial charge on any atom is -0.396 e. The first-order valence-electron chi connectivity index (χ1n) is 2.24. The van der Waals surface area contributed by atoms with Gasteiger partial charge >= 0.3 is 0 Å². The van der Waals surface area contributed by atoms with Gasteiger partial charge in [-0.3, -0.25) is 5.11 Å². The van der Waals surface area contributed by atoms with Crippen LogP contribution in [0, 0.1) is 0 Å². The van der Waals surface area contributed by atoms with Crippen LogP contribution in [0.15, 0.2) is 11.8 Å². The molecule has 0 aromatic heterocycles. The molecule has 0 aromatic carbocycles. The number of aliphatic hydroxyl groups is 1. The van der Waals surface area contributed by atoms with E-state index in [2.05, 4.69) is 0 Å². The van der Waals surface area contributed by atoms with Gasteiger partial charge in [0, 0.05) is 6.42 Å². The van der Waals surface area contributed by atoms with Gasteiger partial charge in [-0.2, -0.15) is 0 Å². The fourth-order valence-corrected chi connectivity index (χ4v) is 0.255. The highest BCUT2D eigenvalue weighted by Gasteiger charge is 1.87. The molecule has 0 unspecified atom stereocenters. The first-order valence-corrected chi connectivity index (χ1v) is 2.24. The maximum Gasteiger partial charge on any atom is 0.153 e. The average Bonchev–Trinajstić information content (AvgIpc) is 1.68. The zero-order valence-corrected chi connectivity index (χ0v) is 4.35. The van der Waals surface area contributed by atoms with Gasteiger partial charge < -0.3 is 5.11 Å². The van der Waals surface area contributed by atoms with Crippen LogP contribution in [0.1, 0.15) is 13.3 Å². The fraction of sp³-hybridized carbons (Fsp3) is 0.600. The highest BCUT2D eigenvalue weighted by Crippen LogP contribution is 1.92. The SMILES string of the molecule is CC=C([O])CCO. The molecule has 0 heterocycles. The van der Waals surface area contributed by atoms with E-state index in [0.29, 0.717) is 0 Å². The number of hydrogen-bond donors (Lipinski definition) is 1. The third-order valence-electron chi connectivity index (χ3n) is 0.680. The van der Waals surface area contributed by atoms with Gasteiger partial charge in [-0.05, 0) is 13.0 Å². The summed E-state index contributed by atoms with van der Waals surface area (Å²) in [6.07, 6.45) is 1.72. The molecule has 0 aromatic rings. The van der Waals surface area contributed by atoms with Gasteiger partial charge in [0.15, 0.2) is 5.76 Å². The Morgan fingerprint density at radius 3 is 2.57 bits per heavy atom. The van der Waals surface area contributed by atoms with Gasteiger partial charge in [0.25, 0.3) is 0 Å². The molecule has 0 aliphatic rings. The lowest BCUT2D eigenvalue weighted by Gasteiger charge is -1.84. The van der Waals surface area contributed by atoms with E-state index in [1.54, 1.807) is 6.92 Å². The maximum atomic E-state index is 10.2. The normalized spacial score (nSPS) is 12.0. The summed E-state index contributed by atoms with van der Waals surface area (Å²) in [4.78, 5) is 0. The molecule has 1 radical (unpaired) electrons. The van der Waals surface area contributed by atoms with Crippen LogP contribution in [0.4, 0.5) is 0 Å².